The van der Waals surface area contributed by atoms with Crippen molar-refractivity contribution in [1.82, 2.24) is 9.80 Å². The molecule has 2 rings (SSSR count). The van der Waals surface area contributed by atoms with E-state index < -0.39 is 0 Å². The third kappa shape index (κ3) is 3.71. The Balaban J connectivity index is 2.04. The first-order valence-electron chi connectivity index (χ1n) is 8.37. The summed E-state index contributed by atoms with van der Waals surface area (Å²) in [5.41, 5.74) is 6.55. The lowest BCUT2D eigenvalue weighted by molar-refractivity contribution is 0.0801. The van der Waals surface area contributed by atoms with Gasteiger partial charge in [0.1, 0.15) is 0 Å². The number of nitrogens with zero attached hydrogens (tertiary/aromatic N) is 2. The molecule has 3 nitrogen and oxygen atoms in total. The summed E-state index contributed by atoms with van der Waals surface area (Å²) < 4.78 is 0. The Kier molecular flexibility index (Phi) is 5.67. The maximum Gasteiger partial charge on any atom is 0.0344 e. The van der Waals surface area contributed by atoms with Crippen LogP contribution in [0.3, 0.4) is 0 Å². The van der Waals surface area contributed by atoms with Crippen molar-refractivity contribution in [3.63, 3.8) is 0 Å². The number of hydrogen-bond donors (Lipinski definition) is 1. The second-order valence-corrected chi connectivity index (χ2v) is 6.81. The molecule has 2 aliphatic heterocycles. The van der Waals surface area contributed by atoms with Crippen molar-refractivity contribution in [2.45, 2.75) is 70.4 Å². The summed E-state index contributed by atoms with van der Waals surface area (Å²) in [7, 11) is 0. The lowest BCUT2D eigenvalue weighted by atomic mass is 9.88. The molecule has 0 bridgehead atoms. The Labute approximate surface area is 119 Å². The zero-order valence-corrected chi connectivity index (χ0v) is 13.0. The van der Waals surface area contributed by atoms with Crippen LogP contribution in [0.5, 0.6) is 0 Å². The summed E-state index contributed by atoms with van der Waals surface area (Å²) in [5.74, 6) is 0. The van der Waals surface area contributed by atoms with Crippen LogP contribution in [0.15, 0.2) is 0 Å². The molecule has 0 aromatic heterocycles. The summed E-state index contributed by atoms with van der Waals surface area (Å²) in [5, 5.41) is 0. The van der Waals surface area contributed by atoms with E-state index in [2.05, 4.69) is 23.6 Å². The molecule has 0 spiro atoms. The minimum absolute atomic E-state index is 0.300. The van der Waals surface area contributed by atoms with E-state index in [1.165, 1.54) is 71.1 Å². The van der Waals surface area contributed by atoms with Crippen LogP contribution in [0, 0.1) is 0 Å². The van der Waals surface area contributed by atoms with Crippen LogP contribution in [-0.4, -0.2) is 54.1 Å². The second-order valence-electron chi connectivity index (χ2n) is 6.81. The molecule has 0 aromatic carbocycles. The van der Waals surface area contributed by atoms with Gasteiger partial charge in [-0.05, 0) is 65.6 Å². The standard InChI is InChI=1S/C16H33N3/c1-15(2)18-10-7-8-16(14-17,9-13-18)19-11-5-3-4-6-12-19/h15H,3-14,17H2,1-2H3. The van der Waals surface area contributed by atoms with Gasteiger partial charge in [-0.25, -0.2) is 0 Å². The zero-order chi connectivity index (χ0) is 13.7. The molecule has 19 heavy (non-hydrogen) atoms. The van der Waals surface area contributed by atoms with Crippen LogP contribution in [0.4, 0.5) is 0 Å². The molecule has 2 fully saturated rings. The van der Waals surface area contributed by atoms with Crippen molar-refractivity contribution < 1.29 is 0 Å². The van der Waals surface area contributed by atoms with Crippen molar-refractivity contribution >= 4 is 0 Å². The van der Waals surface area contributed by atoms with Crippen LogP contribution in [0.25, 0.3) is 0 Å². The van der Waals surface area contributed by atoms with E-state index in [1.54, 1.807) is 0 Å². The van der Waals surface area contributed by atoms with Crippen LogP contribution in [-0.2, 0) is 0 Å². The fraction of sp³-hybridized carbons (Fsp3) is 1.00. The van der Waals surface area contributed by atoms with Gasteiger partial charge in [0.05, 0.1) is 0 Å². The van der Waals surface area contributed by atoms with Crippen LogP contribution in [0.2, 0.25) is 0 Å². The zero-order valence-electron chi connectivity index (χ0n) is 13.0. The van der Waals surface area contributed by atoms with Gasteiger partial charge in [0, 0.05) is 24.7 Å². The molecule has 112 valence electrons. The van der Waals surface area contributed by atoms with Crippen molar-refractivity contribution in [3.05, 3.63) is 0 Å². The average molecular weight is 267 g/mol. The molecular formula is C16H33N3. The molecule has 0 radical (unpaired) electrons. The fourth-order valence-corrected chi connectivity index (χ4v) is 3.91. The van der Waals surface area contributed by atoms with Crippen molar-refractivity contribution in [2.24, 2.45) is 5.73 Å². The molecular weight excluding hydrogens is 234 g/mol. The number of nitrogens with two attached hydrogens (primary N) is 1. The lowest BCUT2D eigenvalue weighted by Crippen LogP contribution is -2.54. The van der Waals surface area contributed by atoms with Gasteiger partial charge in [0.25, 0.3) is 0 Å². The molecule has 1 atom stereocenters. The first-order valence-corrected chi connectivity index (χ1v) is 8.37. The largest absolute Gasteiger partial charge is 0.329 e. The molecule has 3 heteroatoms. The SMILES string of the molecule is CC(C)N1CCCC(CN)(N2CCCCCC2)CC1. The van der Waals surface area contributed by atoms with E-state index in [4.69, 9.17) is 5.73 Å². The minimum Gasteiger partial charge on any atom is -0.329 e. The Morgan fingerprint density at radius 2 is 1.58 bits per heavy atom. The summed E-state index contributed by atoms with van der Waals surface area (Å²) in [6, 6.07) is 0.678. The molecule has 1 unspecified atom stereocenters. The molecule has 0 amide bonds. The van der Waals surface area contributed by atoms with E-state index in [0.717, 1.165) is 6.54 Å². The number of hydrogen-bond acceptors (Lipinski definition) is 3. The van der Waals surface area contributed by atoms with Crippen molar-refractivity contribution in [1.29, 1.82) is 0 Å². The maximum atomic E-state index is 6.25. The molecule has 2 saturated heterocycles. The fourth-order valence-electron chi connectivity index (χ4n) is 3.91. The highest BCUT2D eigenvalue weighted by Gasteiger charge is 2.37. The van der Waals surface area contributed by atoms with E-state index >= 15 is 0 Å². The second kappa shape index (κ2) is 7.05. The Bertz CT molecular complexity index is 259. The molecule has 0 aliphatic carbocycles. The normalized spacial score (nSPS) is 32.2. The van der Waals surface area contributed by atoms with E-state index in [1.807, 2.05) is 0 Å². The van der Waals surface area contributed by atoms with Gasteiger partial charge in [0.15, 0.2) is 0 Å². The molecule has 2 N–H and O–H groups in total. The molecule has 0 aromatic rings. The van der Waals surface area contributed by atoms with Gasteiger partial charge in [-0.1, -0.05) is 12.8 Å². The van der Waals surface area contributed by atoms with Gasteiger partial charge in [0.2, 0.25) is 0 Å². The van der Waals surface area contributed by atoms with Crippen molar-refractivity contribution in [3.8, 4) is 0 Å². The third-order valence-corrected chi connectivity index (χ3v) is 5.34. The predicted octanol–water partition coefficient (Wildman–Crippen LogP) is 2.45. The summed E-state index contributed by atoms with van der Waals surface area (Å²) in [4.78, 5) is 5.39. The topological polar surface area (TPSA) is 32.5 Å². The van der Waals surface area contributed by atoms with E-state index in [-0.39, 0.29) is 0 Å². The minimum atomic E-state index is 0.300. The summed E-state index contributed by atoms with van der Waals surface area (Å²) >= 11 is 0. The molecule has 2 aliphatic rings. The van der Waals surface area contributed by atoms with Crippen LogP contribution in [0.1, 0.15) is 58.8 Å². The quantitative estimate of drug-likeness (QED) is 0.852. The Hall–Kier alpha value is -0.120. The van der Waals surface area contributed by atoms with Gasteiger partial charge >= 0.3 is 0 Å². The molecule has 2 heterocycles. The monoisotopic (exact) mass is 267 g/mol. The Morgan fingerprint density at radius 3 is 2.16 bits per heavy atom. The first kappa shape index (κ1) is 15.3. The first-order chi connectivity index (χ1) is 9.18. The van der Waals surface area contributed by atoms with Crippen LogP contribution >= 0.6 is 0 Å². The van der Waals surface area contributed by atoms with E-state index in [9.17, 15) is 0 Å². The number of likely N-dealkylation sites (tertiary alicyclic amines) is 2. The third-order valence-electron chi connectivity index (χ3n) is 5.34. The highest BCUT2D eigenvalue weighted by Crippen LogP contribution is 2.31. The van der Waals surface area contributed by atoms with E-state index in [0.29, 0.717) is 11.6 Å². The summed E-state index contributed by atoms with van der Waals surface area (Å²) in [6.45, 7) is 10.5. The predicted molar refractivity (Wildman–Crippen MR) is 82.4 cm³/mol. The smallest absolute Gasteiger partial charge is 0.0344 e. The average Bonchev–Trinajstić information content (AvgIpc) is 2.80. The highest BCUT2D eigenvalue weighted by molar-refractivity contribution is 4.95. The maximum absolute atomic E-state index is 6.25. The van der Waals surface area contributed by atoms with Gasteiger partial charge in [-0.2, -0.15) is 0 Å². The van der Waals surface area contributed by atoms with Crippen molar-refractivity contribution in [2.75, 3.05) is 32.7 Å². The number of rotatable bonds is 3. The van der Waals surface area contributed by atoms with Gasteiger partial charge in [-0.3, -0.25) is 4.90 Å². The van der Waals surface area contributed by atoms with Gasteiger partial charge < -0.3 is 10.6 Å². The Morgan fingerprint density at radius 1 is 0.895 bits per heavy atom. The highest BCUT2D eigenvalue weighted by atomic mass is 15.2. The van der Waals surface area contributed by atoms with Crippen LogP contribution < -0.4 is 5.73 Å². The molecule has 0 saturated carbocycles. The van der Waals surface area contributed by atoms with Gasteiger partial charge in [-0.15, -0.1) is 0 Å². The summed E-state index contributed by atoms with van der Waals surface area (Å²) in [6.07, 6.45) is 9.44. The lowest BCUT2D eigenvalue weighted by Gasteiger charge is -2.43.